The van der Waals surface area contributed by atoms with Crippen LogP contribution in [-0.2, 0) is 0 Å². The van der Waals surface area contributed by atoms with Gasteiger partial charge in [-0.05, 0) is 26.1 Å². The summed E-state index contributed by atoms with van der Waals surface area (Å²) in [4.78, 5) is 6.66. The Kier molecular flexibility index (Phi) is 4.03. The fourth-order valence-electron chi connectivity index (χ4n) is 2.62. The second kappa shape index (κ2) is 5.81. The number of anilines is 1. The zero-order chi connectivity index (χ0) is 15.0. The molecule has 114 valence electrons. The van der Waals surface area contributed by atoms with Crippen molar-refractivity contribution < 1.29 is 9.52 Å². The molecule has 1 aromatic carbocycles. The molecule has 1 aliphatic heterocycles. The Balaban J connectivity index is 2.06. The number of benzene rings is 1. The minimum atomic E-state index is -0.840. The highest BCUT2D eigenvalue weighted by Gasteiger charge is 2.24. The maximum absolute atomic E-state index is 10.0. The molecule has 0 radical (unpaired) electrons. The lowest BCUT2D eigenvalue weighted by atomic mass is 10.1. The quantitative estimate of drug-likeness (QED) is 0.746. The van der Waals surface area contributed by atoms with Crippen LogP contribution in [-0.4, -0.2) is 42.8 Å². The molecule has 1 saturated heterocycles. The van der Waals surface area contributed by atoms with E-state index in [4.69, 9.17) is 16.0 Å². The summed E-state index contributed by atoms with van der Waals surface area (Å²) in [5.74, 6) is 0. The molecule has 2 atom stereocenters. The first kappa shape index (κ1) is 14.6. The lowest BCUT2D eigenvalue weighted by Gasteiger charge is -2.32. The molecule has 1 aliphatic rings. The molecular formula is C14H19ClN4O2. The summed E-state index contributed by atoms with van der Waals surface area (Å²) in [6, 6.07) is 4.33. The average Bonchev–Trinajstić information content (AvgIpc) is 2.89. The van der Waals surface area contributed by atoms with Crippen LogP contribution in [0.4, 0.5) is 6.01 Å². The first-order valence-electron chi connectivity index (χ1n) is 7.03. The number of hydrogen-bond donors (Lipinski definition) is 3. The Hall–Kier alpha value is -1.34. The molecule has 3 rings (SSSR count). The van der Waals surface area contributed by atoms with Gasteiger partial charge in [-0.25, -0.2) is 0 Å². The number of piperazine rings is 1. The van der Waals surface area contributed by atoms with Gasteiger partial charge in [0.15, 0.2) is 5.58 Å². The van der Waals surface area contributed by atoms with Gasteiger partial charge < -0.3 is 19.7 Å². The molecule has 1 fully saturated rings. The van der Waals surface area contributed by atoms with E-state index in [0.29, 0.717) is 33.7 Å². The summed E-state index contributed by atoms with van der Waals surface area (Å²) in [5.41, 5.74) is 1.83. The van der Waals surface area contributed by atoms with Gasteiger partial charge in [0, 0.05) is 36.3 Å². The fraction of sp³-hybridized carbons (Fsp3) is 0.500. The second-order valence-corrected chi connectivity index (χ2v) is 5.71. The summed E-state index contributed by atoms with van der Waals surface area (Å²) < 4.78 is 5.92. The van der Waals surface area contributed by atoms with Gasteiger partial charge >= 0.3 is 0 Å². The molecule has 6 nitrogen and oxygen atoms in total. The van der Waals surface area contributed by atoms with E-state index in [1.54, 1.807) is 19.2 Å². The van der Waals surface area contributed by atoms with Crippen LogP contribution in [0, 0.1) is 0 Å². The number of nitrogens with one attached hydrogen (secondary N) is 2. The number of oxazole rings is 1. The van der Waals surface area contributed by atoms with Crippen LogP contribution in [0.2, 0.25) is 5.02 Å². The number of aromatic nitrogens is 1. The third kappa shape index (κ3) is 2.72. The van der Waals surface area contributed by atoms with Crippen molar-refractivity contribution in [3.63, 3.8) is 0 Å². The number of aliphatic hydroxyl groups is 1. The third-order valence-electron chi connectivity index (χ3n) is 3.79. The molecule has 3 N–H and O–H groups in total. The fourth-order valence-corrected chi connectivity index (χ4v) is 2.84. The highest BCUT2D eigenvalue weighted by atomic mass is 35.5. The van der Waals surface area contributed by atoms with Gasteiger partial charge in [0.1, 0.15) is 11.7 Å². The van der Waals surface area contributed by atoms with E-state index in [1.807, 2.05) is 0 Å². The van der Waals surface area contributed by atoms with Crippen molar-refractivity contribution in [3.8, 4) is 0 Å². The largest absolute Gasteiger partial charge is 0.423 e. The summed E-state index contributed by atoms with van der Waals surface area (Å²) in [6.45, 7) is 4.75. The van der Waals surface area contributed by atoms with E-state index >= 15 is 0 Å². The first-order valence-corrected chi connectivity index (χ1v) is 7.40. The van der Waals surface area contributed by atoms with Crippen LogP contribution in [0.25, 0.3) is 11.1 Å². The molecular weight excluding hydrogens is 292 g/mol. The molecule has 0 saturated carbocycles. The molecule has 7 heteroatoms. The van der Waals surface area contributed by atoms with E-state index < -0.39 is 6.23 Å². The van der Waals surface area contributed by atoms with Crippen LogP contribution >= 0.6 is 11.6 Å². The Bertz CT molecular complexity index is 645. The normalized spacial score (nSPS) is 21.0. The molecule has 21 heavy (non-hydrogen) atoms. The zero-order valence-electron chi connectivity index (χ0n) is 12.1. The van der Waals surface area contributed by atoms with Gasteiger partial charge in [-0.1, -0.05) is 11.6 Å². The van der Waals surface area contributed by atoms with Crippen molar-refractivity contribution in [2.24, 2.45) is 0 Å². The number of fused-ring (bicyclic) bond motifs is 1. The number of halogens is 1. The van der Waals surface area contributed by atoms with Gasteiger partial charge in [0.05, 0.1) is 0 Å². The van der Waals surface area contributed by atoms with Crippen molar-refractivity contribution in [3.05, 3.63) is 22.7 Å². The average molecular weight is 311 g/mol. The Morgan fingerprint density at radius 2 is 2.38 bits per heavy atom. The van der Waals surface area contributed by atoms with E-state index in [0.717, 1.165) is 19.6 Å². The summed E-state index contributed by atoms with van der Waals surface area (Å²) >= 11 is 6.10. The van der Waals surface area contributed by atoms with Crippen molar-refractivity contribution in [1.29, 1.82) is 0 Å². The predicted octanol–water partition coefficient (Wildman–Crippen LogP) is 1.49. The van der Waals surface area contributed by atoms with Crippen molar-refractivity contribution in [1.82, 2.24) is 15.6 Å². The van der Waals surface area contributed by atoms with Crippen molar-refractivity contribution in [2.45, 2.75) is 19.2 Å². The van der Waals surface area contributed by atoms with E-state index in [1.165, 1.54) is 0 Å². The Morgan fingerprint density at radius 1 is 1.57 bits per heavy atom. The topological polar surface area (TPSA) is 73.6 Å². The van der Waals surface area contributed by atoms with Crippen LogP contribution in [0.15, 0.2) is 16.5 Å². The second-order valence-electron chi connectivity index (χ2n) is 5.28. The van der Waals surface area contributed by atoms with E-state index in [9.17, 15) is 5.11 Å². The summed E-state index contributed by atoms with van der Waals surface area (Å²) in [5, 5.41) is 16.7. The number of nitrogens with zero attached hydrogens (tertiary/aromatic N) is 2. The molecule has 1 unspecified atom stereocenters. The maximum atomic E-state index is 10.0. The predicted molar refractivity (Wildman–Crippen MR) is 82.7 cm³/mol. The summed E-state index contributed by atoms with van der Waals surface area (Å²) in [7, 11) is 1.67. The lowest BCUT2D eigenvalue weighted by Crippen LogP contribution is -2.50. The number of rotatable bonds is 3. The highest BCUT2D eigenvalue weighted by Crippen LogP contribution is 2.31. The Morgan fingerprint density at radius 3 is 3.10 bits per heavy atom. The van der Waals surface area contributed by atoms with Gasteiger partial charge in [0.2, 0.25) is 0 Å². The SMILES string of the molecule is CNC(O)c1cc(Cl)cc2nc(N3CCNC[C@@H]3C)oc12. The van der Waals surface area contributed by atoms with Gasteiger partial charge in [-0.3, -0.25) is 5.32 Å². The molecule has 2 aromatic rings. The molecule has 0 amide bonds. The number of aliphatic hydroxyl groups excluding tert-OH is 1. The molecule has 2 heterocycles. The standard InChI is InChI=1S/C14H19ClN4O2/c1-8-7-17-3-4-19(8)14-18-11-6-9(15)5-10(12(11)21-14)13(20)16-2/h5-6,8,13,16-17,20H,3-4,7H2,1-2H3/t8-,13?/m0/s1. The molecule has 1 aromatic heterocycles. The van der Waals surface area contributed by atoms with Crippen LogP contribution in [0.5, 0.6) is 0 Å². The smallest absolute Gasteiger partial charge is 0.298 e. The van der Waals surface area contributed by atoms with E-state index in [2.05, 4.69) is 27.4 Å². The Labute approximate surface area is 128 Å². The minimum absolute atomic E-state index is 0.306. The van der Waals surface area contributed by atoms with Crippen LogP contribution in [0.1, 0.15) is 18.7 Å². The van der Waals surface area contributed by atoms with Crippen LogP contribution < -0.4 is 15.5 Å². The molecule has 0 spiro atoms. The zero-order valence-corrected chi connectivity index (χ0v) is 12.8. The molecule has 0 bridgehead atoms. The van der Waals surface area contributed by atoms with Gasteiger partial charge in [0.25, 0.3) is 6.01 Å². The van der Waals surface area contributed by atoms with Gasteiger partial charge in [-0.15, -0.1) is 0 Å². The minimum Gasteiger partial charge on any atom is -0.423 e. The summed E-state index contributed by atoms with van der Waals surface area (Å²) in [6.07, 6.45) is -0.840. The van der Waals surface area contributed by atoms with Gasteiger partial charge in [-0.2, -0.15) is 4.98 Å². The van der Waals surface area contributed by atoms with Crippen LogP contribution in [0.3, 0.4) is 0 Å². The highest BCUT2D eigenvalue weighted by molar-refractivity contribution is 6.31. The third-order valence-corrected chi connectivity index (χ3v) is 4.01. The van der Waals surface area contributed by atoms with Crippen molar-refractivity contribution in [2.75, 3.05) is 31.6 Å². The molecule has 0 aliphatic carbocycles. The van der Waals surface area contributed by atoms with E-state index in [-0.39, 0.29) is 0 Å². The van der Waals surface area contributed by atoms with Crippen molar-refractivity contribution >= 4 is 28.7 Å². The monoisotopic (exact) mass is 310 g/mol. The first-order chi connectivity index (χ1) is 10.1. The lowest BCUT2D eigenvalue weighted by molar-refractivity contribution is 0.149. The number of hydrogen-bond acceptors (Lipinski definition) is 6. The maximum Gasteiger partial charge on any atom is 0.298 e.